The SMILES string of the molecule is COc1ccccc1COc1ccccc1CC(C)N. The molecule has 1 unspecified atom stereocenters. The molecule has 0 saturated heterocycles. The maximum Gasteiger partial charge on any atom is 0.125 e. The highest BCUT2D eigenvalue weighted by atomic mass is 16.5. The molecule has 2 aromatic rings. The van der Waals surface area contributed by atoms with Crippen LogP contribution in [0, 0.1) is 0 Å². The second-order valence-corrected chi connectivity index (χ2v) is 4.89. The van der Waals surface area contributed by atoms with Gasteiger partial charge in [-0.25, -0.2) is 0 Å². The van der Waals surface area contributed by atoms with Gasteiger partial charge in [-0.2, -0.15) is 0 Å². The highest BCUT2D eigenvalue weighted by Gasteiger charge is 2.07. The first kappa shape index (κ1) is 14.4. The molecule has 2 N–H and O–H groups in total. The van der Waals surface area contributed by atoms with E-state index in [1.54, 1.807) is 7.11 Å². The van der Waals surface area contributed by atoms with Crippen molar-refractivity contribution < 1.29 is 9.47 Å². The van der Waals surface area contributed by atoms with Gasteiger partial charge in [0.2, 0.25) is 0 Å². The lowest BCUT2D eigenvalue weighted by molar-refractivity contribution is 0.293. The number of benzene rings is 2. The van der Waals surface area contributed by atoms with Crippen molar-refractivity contribution in [2.24, 2.45) is 5.73 Å². The van der Waals surface area contributed by atoms with Crippen LogP contribution in [-0.4, -0.2) is 13.2 Å². The highest BCUT2D eigenvalue weighted by molar-refractivity contribution is 5.36. The number of para-hydroxylation sites is 2. The summed E-state index contributed by atoms with van der Waals surface area (Å²) in [5.74, 6) is 1.73. The van der Waals surface area contributed by atoms with Crippen LogP contribution in [-0.2, 0) is 13.0 Å². The van der Waals surface area contributed by atoms with Crippen molar-refractivity contribution in [3.8, 4) is 11.5 Å². The maximum atomic E-state index is 5.93. The molecular formula is C17H21NO2. The Bertz CT molecular complexity index is 552. The summed E-state index contributed by atoms with van der Waals surface area (Å²) in [6.07, 6.45) is 0.808. The van der Waals surface area contributed by atoms with Crippen LogP contribution in [0.2, 0.25) is 0 Å². The standard InChI is InChI=1S/C17H21NO2/c1-13(18)11-14-7-3-6-10-17(14)20-12-15-8-4-5-9-16(15)19-2/h3-10,13H,11-12,18H2,1-2H3. The molecule has 0 heterocycles. The summed E-state index contributed by atoms with van der Waals surface area (Å²) in [4.78, 5) is 0. The maximum absolute atomic E-state index is 5.93. The van der Waals surface area contributed by atoms with Gasteiger partial charge in [0.05, 0.1) is 7.11 Å². The second-order valence-electron chi connectivity index (χ2n) is 4.89. The zero-order chi connectivity index (χ0) is 14.4. The molecule has 106 valence electrons. The molecule has 2 aromatic carbocycles. The predicted molar refractivity (Wildman–Crippen MR) is 81.1 cm³/mol. The van der Waals surface area contributed by atoms with Gasteiger partial charge >= 0.3 is 0 Å². The van der Waals surface area contributed by atoms with E-state index in [0.717, 1.165) is 29.0 Å². The first-order valence-corrected chi connectivity index (χ1v) is 6.79. The number of hydrogen-bond donors (Lipinski definition) is 1. The van der Waals surface area contributed by atoms with E-state index in [0.29, 0.717) is 6.61 Å². The molecule has 0 aliphatic carbocycles. The van der Waals surface area contributed by atoms with E-state index >= 15 is 0 Å². The van der Waals surface area contributed by atoms with Crippen LogP contribution < -0.4 is 15.2 Å². The Morgan fingerprint density at radius 2 is 1.55 bits per heavy atom. The lowest BCUT2D eigenvalue weighted by atomic mass is 10.1. The first-order chi connectivity index (χ1) is 9.70. The van der Waals surface area contributed by atoms with Crippen LogP contribution in [0.4, 0.5) is 0 Å². The molecule has 0 saturated carbocycles. The zero-order valence-electron chi connectivity index (χ0n) is 12.0. The van der Waals surface area contributed by atoms with Gasteiger partial charge in [0.1, 0.15) is 18.1 Å². The Balaban J connectivity index is 2.11. The number of rotatable bonds is 6. The van der Waals surface area contributed by atoms with E-state index in [4.69, 9.17) is 15.2 Å². The van der Waals surface area contributed by atoms with E-state index in [2.05, 4.69) is 6.07 Å². The van der Waals surface area contributed by atoms with Crippen molar-refractivity contribution in [3.63, 3.8) is 0 Å². The molecule has 0 bridgehead atoms. The van der Waals surface area contributed by atoms with Crippen LogP contribution in [0.5, 0.6) is 11.5 Å². The van der Waals surface area contributed by atoms with Gasteiger partial charge in [0.15, 0.2) is 0 Å². The van der Waals surface area contributed by atoms with Crippen molar-refractivity contribution >= 4 is 0 Å². The van der Waals surface area contributed by atoms with Crippen LogP contribution in [0.1, 0.15) is 18.1 Å². The molecule has 1 atom stereocenters. The third-order valence-electron chi connectivity index (χ3n) is 3.09. The monoisotopic (exact) mass is 271 g/mol. The molecule has 0 spiro atoms. The average molecular weight is 271 g/mol. The van der Waals surface area contributed by atoms with Gasteiger partial charge in [-0.3, -0.25) is 0 Å². The smallest absolute Gasteiger partial charge is 0.125 e. The fourth-order valence-corrected chi connectivity index (χ4v) is 2.14. The highest BCUT2D eigenvalue weighted by Crippen LogP contribution is 2.23. The van der Waals surface area contributed by atoms with Crippen LogP contribution >= 0.6 is 0 Å². The Morgan fingerprint density at radius 3 is 2.20 bits per heavy atom. The molecule has 0 radical (unpaired) electrons. The number of nitrogens with two attached hydrogens (primary N) is 1. The summed E-state index contributed by atoms with van der Waals surface area (Å²) < 4.78 is 11.3. The summed E-state index contributed by atoms with van der Waals surface area (Å²) in [5, 5.41) is 0. The van der Waals surface area contributed by atoms with Crippen molar-refractivity contribution in [2.75, 3.05) is 7.11 Å². The molecule has 3 nitrogen and oxygen atoms in total. The molecule has 3 heteroatoms. The summed E-state index contributed by atoms with van der Waals surface area (Å²) in [6.45, 7) is 2.48. The van der Waals surface area contributed by atoms with Crippen LogP contribution in [0.25, 0.3) is 0 Å². The quantitative estimate of drug-likeness (QED) is 0.877. The summed E-state index contributed by atoms with van der Waals surface area (Å²) in [5.41, 5.74) is 8.04. The topological polar surface area (TPSA) is 44.5 Å². The molecule has 20 heavy (non-hydrogen) atoms. The average Bonchev–Trinajstić information content (AvgIpc) is 2.46. The number of ether oxygens (including phenoxy) is 2. The second kappa shape index (κ2) is 6.96. The normalized spacial score (nSPS) is 11.9. The van der Waals surface area contributed by atoms with E-state index in [-0.39, 0.29) is 6.04 Å². The van der Waals surface area contributed by atoms with Gasteiger partial charge in [-0.05, 0) is 31.0 Å². The molecule has 0 aliphatic rings. The molecule has 0 aromatic heterocycles. The van der Waals surface area contributed by atoms with Gasteiger partial charge in [0.25, 0.3) is 0 Å². The van der Waals surface area contributed by atoms with E-state index < -0.39 is 0 Å². The van der Waals surface area contributed by atoms with Gasteiger partial charge < -0.3 is 15.2 Å². The first-order valence-electron chi connectivity index (χ1n) is 6.79. The van der Waals surface area contributed by atoms with E-state index in [1.807, 2.05) is 49.4 Å². The third-order valence-corrected chi connectivity index (χ3v) is 3.09. The summed E-state index contributed by atoms with van der Waals surface area (Å²) >= 11 is 0. The Hall–Kier alpha value is -2.00. The summed E-state index contributed by atoms with van der Waals surface area (Å²) in [6, 6.07) is 16.0. The van der Waals surface area contributed by atoms with Crippen molar-refractivity contribution in [1.82, 2.24) is 0 Å². The van der Waals surface area contributed by atoms with Crippen molar-refractivity contribution in [3.05, 3.63) is 59.7 Å². The van der Waals surface area contributed by atoms with Crippen LogP contribution in [0.3, 0.4) is 0 Å². The van der Waals surface area contributed by atoms with Gasteiger partial charge in [0, 0.05) is 11.6 Å². The fraction of sp³-hybridized carbons (Fsp3) is 0.294. The lowest BCUT2D eigenvalue weighted by Gasteiger charge is -2.14. The minimum atomic E-state index is 0.117. The Morgan fingerprint density at radius 1 is 0.950 bits per heavy atom. The molecular weight excluding hydrogens is 250 g/mol. The molecule has 0 aliphatic heterocycles. The lowest BCUT2D eigenvalue weighted by Crippen LogP contribution is -2.18. The minimum Gasteiger partial charge on any atom is -0.496 e. The largest absolute Gasteiger partial charge is 0.496 e. The molecule has 0 amide bonds. The van der Waals surface area contributed by atoms with Crippen molar-refractivity contribution in [1.29, 1.82) is 0 Å². The fourth-order valence-electron chi connectivity index (χ4n) is 2.14. The number of methoxy groups -OCH3 is 1. The Labute approximate surface area is 120 Å². The third kappa shape index (κ3) is 3.75. The minimum absolute atomic E-state index is 0.117. The Kier molecular flexibility index (Phi) is 5.02. The van der Waals surface area contributed by atoms with Crippen molar-refractivity contribution in [2.45, 2.75) is 26.0 Å². The van der Waals surface area contributed by atoms with E-state index in [1.165, 1.54) is 0 Å². The number of hydrogen-bond acceptors (Lipinski definition) is 3. The van der Waals surface area contributed by atoms with Crippen LogP contribution in [0.15, 0.2) is 48.5 Å². The summed E-state index contributed by atoms with van der Waals surface area (Å²) in [7, 11) is 1.67. The van der Waals surface area contributed by atoms with Gasteiger partial charge in [-0.15, -0.1) is 0 Å². The molecule has 0 fully saturated rings. The van der Waals surface area contributed by atoms with E-state index in [9.17, 15) is 0 Å². The zero-order valence-corrected chi connectivity index (χ0v) is 12.0. The predicted octanol–water partition coefficient (Wildman–Crippen LogP) is 3.16. The van der Waals surface area contributed by atoms with Gasteiger partial charge in [-0.1, -0.05) is 36.4 Å². The molecule has 2 rings (SSSR count).